The Morgan fingerprint density at radius 3 is 2.23 bits per heavy atom. The van der Waals surface area contributed by atoms with E-state index < -0.39 is 12.8 Å². The fraction of sp³-hybridized carbons (Fsp3) is 0.333. The second kappa shape index (κ2) is 4.40. The Morgan fingerprint density at radius 1 is 1.23 bits per heavy atom. The van der Waals surface area contributed by atoms with Gasteiger partial charge in [-0.15, -0.1) is 0 Å². The summed E-state index contributed by atoms with van der Waals surface area (Å²) in [6, 6.07) is 0. The molecule has 0 aliphatic carbocycles. The van der Waals surface area contributed by atoms with Crippen LogP contribution in [0.3, 0.4) is 0 Å². The first-order chi connectivity index (χ1) is 6.09. The molecule has 0 aromatic carbocycles. The average molecular weight is 257 g/mol. The van der Waals surface area contributed by atoms with Crippen LogP contribution in [0.15, 0.2) is 17.1 Å². The number of aromatic nitrogens is 2. The molecule has 3 nitrogen and oxygen atoms in total. The van der Waals surface area contributed by atoms with Gasteiger partial charge in [-0.3, -0.25) is 0 Å². The largest absolute Gasteiger partial charge is 0.451 e. The molecule has 0 saturated heterocycles. The maximum absolute atomic E-state index is 12.3. The molecule has 13 heavy (non-hydrogen) atoms. The summed E-state index contributed by atoms with van der Waals surface area (Å²) in [5.74, 6) is -0.143. The van der Waals surface area contributed by atoms with E-state index in [0.717, 1.165) is 12.4 Å². The number of hydrogen-bond acceptors (Lipinski definition) is 3. The molecule has 0 aliphatic rings. The molecule has 0 aliphatic heterocycles. The van der Waals surface area contributed by atoms with E-state index >= 15 is 0 Å². The van der Waals surface area contributed by atoms with E-state index in [1.807, 2.05) is 0 Å². The van der Waals surface area contributed by atoms with Gasteiger partial charge in [-0.25, -0.2) is 18.7 Å². The molecule has 0 N–H and O–H groups in total. The van der Waals surface area contributed by atoms with Crippen molar-refractivity contribution in [2.45, 2.75) is 12.8 Å². The van der Waals surface area contributed by atoms with Gasteiger partial charge in [-0.05, 0) is 15.9 Å². The van der Waals surface area contributed by atoms with Crippen molar-refractivity contribution >= 4 is 15.9 Å². The summed E-state index contributed by atoms with van der Waals surface area (Å²) in [6.45, 7) is 0. The van der Waals surface area contributed by atoms with Crippen LogP contribution in [0.4, 0.5) is 13.2 Å². The van der Waals surface area contributed by atoms with Crippen molar-refractivity contribution in [1.82, 2.24) is 9.97 Å². The predicted molar refractivity (Wildman–Crippen MR) is 41.3 cm³/mol. The zero-order chi connectivity index (χ0) is 9.84. The second-order valence-corrected chi connectivity index (χ2v) is 2.70. The SMILES string of the molecule is FC(F)C(F)Oc1cnc(Br)nc1. The van der Waals surface area contributed by atoms with E-state index in [1.165, 1.54) is 0 Å². The Labute approximate surface area is 80.1 Å². The molecule has 0 bridgehead atoms. The maximum Gasteiger partial charge on any atom is 0.304 e. The average Bonchev–Trinajstić information content (AvgIpc) is 2.08. The van der Waals surface area contributed by atoms with Crippen LogP contribution >= 0.6 is 15.9 Å². The van der Waals surface area contributed by atoms with Gasteiger partial charge >= 0.3 is 6.43 Å². The van der Waals surface area contributed by atoms with Gasteiger partial charge in [0.2, 0.25) is 0 Å². The van der Waals surface area contributed by atoms with Crippen molar-refractivity contribution < 1.29 is 17.9 Å². The number of nitrogens with zero attached hydrogens (tertiary/aromatic N) is 2. The quantitative estimate of drug-likeness (QED) is 0.778. The van der Waals surface area contributed by atoms with Crippen LogP contribution in [0.2, 0.25) is 0 Å². The zero-order valence-corrected chi connectivity index (χ0v) is 7.71. The number of ether oxygens (including phenoxy) is 1. The third kappa shape index (κ3) is 3.17. The second-order valence-electron chi connectivity index (χ2n) is 1.99. The van der Waals surface area contributed by atoms with Crippen LogP contribution in [-0.2, 0) is 0 Å². The summed E-state index contributed by atoms with van der Waals surface area (Å²) in [5.41, 5.74) is 0. The zero-order valence-electron chi connectivity index (χ0n) is 6.12. The van der Waals surface area contributed by atoms with Crippen molar-refractivity contribution in [1.29, 1.82) is 0 Å². The van der Waals surface area contributed by atoms with Gasteiger partial charge in [0.25, 0.3) is 6.36 Å². The highest BCUT2D eigenvalue weighted by Crippen LogP contribution is 2.14. The Morgan fingerprint density at radius 2 is 1.77 bits per heavy atom. The molecule has 0 spiro atoms. The molecule has 1 aromatic rings. The van der Waals surface area contributed by atoms with E-state index in [4.69, 9.17) is 0 Å². The molecular formula is C6H4BrF3N2O. The Hall–Kier alpha value is -0.850. The van der Waals surface area contributed by atoms with Crippen LogP contribution in [0, 0.1) is 0 Å². The minimum atomic E-state index is -3.18. The van der Waals surface area contributed by atoms with E-state index in [9.17, 15) is 13.2 Å². The molecule has 1 unspecified atom stereocenters. The van der Waals surface area contributed by atoms with Gasteiger partial charge in [0.05, 0.1) is 12.4 Å². The molecule has 1 aromatic heterocycles. The minimum Gasteiger partial charge on any atom is -0.451 e. The number of alkyl halides is 3. The van der Waals surface area contributed by atoms with Crippen LogP contribution < -0.4 is 4.74 Å². The number of hydrogen-bond donors (Lipinski definition) is 0. The van der Waals surface area contributed by atoms with Crippen LogP contribution in [0.1, 0.15) is 0 Å². The first-order valence-corrected chi connectivity index (χ1v) is 3.95. The molecule has 1 atom stereocenters. The Bertz CT molecular complexity index is 269. The highest BCUT2D eigenvalue weighted by atomic mass is 79.9. The van der Waals surface area contributed by atoms with Gasteiger partial charge < -0.3 is 4.74 Å². The maximum atomic E-state index is 12.3. The van der Waals surface area contributed by atoms with E-state index in [-0.39, 0.29) is 10.5 Å². The smallest absolute Gasteiger partial charge is 0.304 e. The molecule has 72 valence electrons. The van der Waals surface area contributed by atoms with Crippen molar-refractivity contribution in [2.24, 2.45) is 0 Å². The first kappa shape index (κ1) is 10.2. The lowest BCUT2D eigenvalue weighted by molar-refractivity contribution is -0.0672. The summed E-state index contributed by atoms with van der Waals surface area (Å²) < 4.78 is 40.0. The molecule has 0 amide bonds. The summed E-state index contributed by atoms with van der Waals surface area (Å²) in [4.78, 5) is 7.12. The lowest BCUT2D eigenvalue weighted by atomic mass is 10.6. The first-order valence-electron chi connectivity index (χ1n) is 3.16. The van der Waals surface area contributed by atoms with Gasteiger partial charge in [-0.2, -0.15) is 4.39 Å². The third-order valence-corrected chi connectivity index (χ3v) is 1.45. The highest BCUT2D eigenvalue weighted by molar-refractivity contribution is 9.10. The van der Waals surface area contributed by atoms with Crippen LogP contribution in [0.25, 0.3) is 0 Å². The van der Waals surface area contributed by atoms with Gasteiger partial charge in [0.1, 0.15) is 0 Å². The lowest BCUT2D eigenvalue weighted by Gasteiger charge is -2.08. The Kier molecular flexibility index (Phi) is 3.47. The fourth-order valence-corrected chi connectivity index (χ4v) is 0.747. The molecule has 1 heterocycles. The predicted octanol–water partition coefficient (Wildman–Crippen LogP) is 2.18. The van der Waals surface area contributed by atoms with E-state index in [1.54, 1.807) is 0 Å². The minimum absolute atomic E-state index is 0.143. The monoisotopic (exact) mass is 256 g/mol. The molecule has 0 saturated carbocycles. The molecule has 0 fully saturated rings. The Balaban J connectivity index is 2.59. The van der Waals surface area contributed by atoms with Crippen molar-refractivity contribution in [3.8, 4) is 5.75 Å². The summed E-state index contributed by atoms with van der Waals surface area (Å²) >= 11 is 2.92. The summed E-state index contributed by atoms with van der Waals surface area (Å²) in [7, 11) is 0. The highest BCUT2D eigenvalue weighted by Gasteiger charge is 2.20. The normalized spacial score (nSPS) is 13.0. The van der Waals surface area contributed by atoms with E-state index in [0.29, 0.717) is 0 Å². The van der Waals surface area contributed by atoms with Crippen LogP contribution in [-0.4, -0.2) is 22.8 Å². The number of halogens is 4. The molecule has 0 radical (unpaired) electrons. The van der Waals surface area contributed by atoms with Crippen molar-refractivity contribution in [3.05, 3.63) is 17.1 Å². The number of rotatable bonds is 3. The van der Waals surface area contributed by atoms with Gasteiger partial charge in [0.15, 0.2) is 10.5 Å². The van der Waals surface area contributed by atoms with E-state index in [2.05, 4.69) is 30.6 Å². The summed E-state index contributed by atoms with van der Waals surface area (Å²) in [6.07, 6.45) is -3.65. The summed E-state index contributed by atoms with van der Waals surface area (Å²) in [5, 5.41) is 0. The topological polar surface area (TPSA) is 35.0 Å². The standard InChI is InChI=1S/C6H4BrF3N2O/c7-6-11-1-3(2-12-6)13-5(10)4(8)9/h1-2,4-5H. The van der Waals surface area contributed by atoms with Gasteiger partial charge in [-0.1, -0.05) is 0 Å². The van der Waals surface area contributed by atoms with Crippen molar-refractivity contribution in [3.63, 3.8) is 0 Å². The van der Waals surface area contributed by atoms with Crippen molar-refractivity contribution in [2.75, 3.05) is 0 Å². The van der Waals surface area contributed by atoms with Gasteiger partial charge in [0, 0.05) is 0 Å². The fourth-order valence-electron chi connectivity index (χ4n) is 0.543. The third-order valence-electron chi connectivity index (χ3n) is 1.04. The lowest BCUT2D eigenvalue weighted by Crippen LogP contribution is -2.19. The molecular weight excluding hydrogens is 253 g/mol. The van der Waals surface area contributed by atoms with Crippen LogP contribution in [0.5, 0.6) is 5.75 Å². The molecule has 7 heteroatoms. The molecule has 1 rings (SSSR count).